The van der Waals surface area contributed by atoms with Crippen LogP contribution in [0.3, 0.4) is 0 Å². The third-order valence-electron chi connectivity index (χ3n) is 2.66. The molecule has 0 heterocycles. The lowest BCUT2D eigenvalue weighted by molar-refractivity contribution is 0.277. The molecule has 1 aliphatic carbocycles. The Kier molecular flexibility index (Phi) is 6.98. The van der Waals surface area contributed by atoms with Gasteiger partial charge in [0.05, 0.1) is 0 Å². The highest BCUT2D eigenvalue weighted by atomic mass is 127. The summed E-state index contributed by atoms with van der Waals surface area (Å²) in [6.45, 7) is 0. The molecule has 3 rings (SSSR count). The zero-order valence-corrected chi connectivity index (χ0v) is 13.3. The van der Waals surface area contributed by atoms with Gasteiger partial charge in [0, 0.05) is 14.2 Å². The Morgan fingerprint density at radius 2 is 1.61 bits per heavy atom. The SMILES string of the molecule is C1=Cc2cccc3cccc(c23)C1.CI.COC. The molecule has 2 aromatic carbocycles. The van der Waals surface area contributed by atoms with Crippen molar-refractivity contribution in [1.29, 1.82) is 0 Å². The largest absolute Gasteiger partial charge is 0.388 e. The van der Waals surface area contributed by atoms with Gasteiger partial charge in [-0.1, -0.05) is 71.1 Å². The molecule has 0 atom stereocenters. The van der Waals surface area contributed by atoms with E-state index in [-0.39, 0.29) is 0 Å². The number of benzene rings is 2. The molecule has 0 radical (unpaired) electrons. The van der Waals surface area contributed by atoms with Crippen LogP contribution >= 0.6 is 22.6 Å². The molecule has 0 saturated heterocycles. The minimum Gasteiger partial charge on any atom is -0.388 e. The highest BCUT2D eigenvalue weighted by molar-refractivity contribution is 14.1. The van der Waals surface area contributed by atoms with Crippen LogP contribution in [0.25, 0.3) is 16.8 Å². The topological polar surface area (TPSA) is 9.23 Å². The lowest BCUT2D eigenvalue weighted by Crippen LogP contribution is -1.91. The number of halogens is 1. The first-order chi connectivity index (χ1) is 8.86. The van der Waals surface area contributed by atoms with Crippen molar-refractivity contribution < 1.29 is 4.74 Å². The highest BCUT2D eigenvalue weighted by Crippen LogP contribution is 2.27. The number of hydrogen-bond acceptors (Lipinski definition) is 1. The number of ether oxygens (including phenoxy) is 1. The van der Waals surface area contributed by atoms with E-state index in [0.717, 1.165) is 6.42 Å². The van der Waals surface area contributed by atoms with Crippen LogP contribution in [-0.4, -0.2) is 19.2 Å². The molecule has 0 unspecified atom stereocenters. The van der Waals surface area contributed by atoms with Crippen LogP contribution in [0.4, 0.5) is 0 Å². The Labute approximate surface area is 123 Å². The van der Waals surface area contributed by atoms with Gasteiger partial charge in [0.1, 0.15) is 0 Å². The molecule has 0 N–H and O–H groups in total. The maximum atomic E-state index is 4.25. The normalized spacial score (nSPS) is 11.1. The van der Waals surface area contributed by atoms with Gasteiger partial charge < -0.3 is 4.74 Å². The zero-order valence-electron chi connectivity index (χ0n) is 11.1. The van der Waals surface area contributed by atoms with Crippen molar-refractivity contribution >= 4 is 39.4 Å². The standard InChI is InChI=1S/C13H10.C2H6O.CH3I/c1-4-10-6-2-8-12-9-3-7-11(5-1)13(10)12;1-3-2;1-2/h1-8H,9H2;1-2H3;1H3. The van der Waals surface area contributed by atoms with E-state index < -0.39 is 0 Å². The second-order valence-electron chi connectivity index (χ2n) is 3.88. The van der Waals surface area contributed by atoms with Crippen molar-refractivity contribution in [3.63, 3.8) is 0 Å². The summed E-state index contributed by atoms with van der Waals surface area (Å²) in [6.07, 6.45) is 5.53. The van der Waals surface area contributed by atoms with Crippen molar-refractivity contribution in [2.75, 3.05) is 19.2 Å². The Balaban J connectivity index is 0.000000288. The molecule has 96 valence electrons. The maximum absolute atomic E-state index is 4.25. The summed E-state index contributed by atoms with van der Waals surface area (Å²) in [5, 5.41) is 2.80. The predicted molar refractivity (Wildman–Crippen MR) is 89.6 cm³/mol. The number of hydrogen-bond donors (Lipinski definition) is 0. The van der Waals surface area contributed by atoms with Gasteiger partial charge in [0.25, 0.3) is 0 Å². The van der Waals surface area contributed by atoms with Crippen LogP contribution in [0.2, 0.25) is 0 Å². The first-order valence-corrected chi connectivity index (χ1v) is 7.97. The molecule has 18 heavy (non-hydrogen) atoms. The van der Waals surface area contributed by atoms with Crippen LogP contribution in [-0.2, 0) is 11.2 Å². The molecule has 1 aliphatic rings. The quantitative estimate of drug-likeness (QED) is 0.491. The van der Waals surface area contributed by atoms with Gasteiger partial charge in [-0.05, 0) is 33.3 Å². The van der Waals surface area contributed by atoms with Crippen LogP contribution in [0.5, 0.6) is 0 Å². The van der Waals surface area contributed by atoms with E-state index in [2.05, 4.69) is 75.9 Å². The van der Waals surface area contributed by atoms with E-state index >= 15 is 0 Å². The molecule has 0 spiro atoms. The fraction of sp³-hybridized carbons (Fsp3) is 0.250. The summed E-state index contributed by atoms with van der Waals surface area (Å²) >= 11 is 2.15. The minimum atomic E-state index is 1.08. The van der Waals surface area contributed by atoms with Gasteiger partial charge in [0.2, 0.25) is 0 Å². The number of methoxy groups -OCH3 is 1. The van der Waals surface area contributed by atoms with Crippen LogP contribution in [0, 0.1) is 0 Å². The van der Waals surface area contributed by atoms with Crippen molar-refractivity contribution in [3.8, 4) is 0 Å². The molecule has 0 saturated carbocycles. The Morgan fingerprint density at radius 3 is 2.28 bits per heavy atom. The predicted octanol–water partition coefficient (Wildman–Crippen LogP) is 4.72. The molecule has 0 amide bonds. The molecule has 1 nitrogen and oxygen atoms in total. The second-order valence-corrected chi connectivity index (χ2v) is 3.88. The molecule has 0 bridgehead atoms. The summed E-state index contributed by atoms with van der Waals surface area (Å²) in [5.41, 5.74) is 2.81. The monoisotopic (exact) mass is 354 g/mol. The first kappa shape index (κ1) is 15.2. The highest BCUT2D eigenvalue weighted by Gasteiger charge is 2.06. The molecular weight excluding hydrogens is 335 g/mol. The molecular formula is C16H19IO. The van der Waals surface area contributed by atoms with Crippen molar-refractivity contribution in [2.24, 2.45) is 0 Å². The average molecular weight is 354 g/mol. The Hall–Kier alpha value is -0.870. The number of alkyl halides is 1. The lowest BCUT2D eigenvalue weighted by atomic mass is 9.93. The fourth-order valence-corrected chi connectivity index (χ4v) is 2.07. The fourth-order valence-electron chi connectivity index (χ4n) is 2.07. The van der Waals surface area contributed by atoms with Gasteiger partial charge in [0.15, 0.2) is 0 Å². The van der Waals surface area contributed by atoms with Gasteiger partial charge >= 0.3 is 0 Å². The zero-order chi connectivity index (χ0) is 13.4. The van der Waals surface area contributed by atoms with Gasteiger partial charge in [-0.3, -0.25) is 0 Å². The number of rotatable bonds is 0. The average Bonchev–Trinajstić information content (AvgIpc) is 2.43. The van der Waals surface area contributed by atoms with E-state index in [1.54, 1.807) is 14.2 Å². The van der Waals surface area contributed by atoms with Gasteiger partial charge in [-0.2, -0.15) is 0 Å². The Morgan fingerprint density at radius 1 is 1.00 bits per heavy atom. The maximum Gasteiger partial charge on any atom is 0.0351 e. The Bertz CT molecular complexity index is 512. The van der Waals surface area contributed by atoms with E-state index in [0.29, 0.717) is 0 Å². The van der Waals surface area contributed by atoms with Crippen molar-refractivity contribution in [1.82, 2.24) is 0 Å². The van der Waals surface area contributed by atoms with E-state index in [1.807, 2.05) is 4.93 Å². The van der Waals surface area contributed by atoms with Gasteiger partial charge in [-0.15, -0.1) is 0 Å². The second kappa shape index (κ2) is 8.27. The summed E-state index contributed by atoms with van der Waals surface area (Å²) in [5.74, 6) is 0. The first-order valence-electron chi connectivity index (χ1n) is 5.82. The molecule has 2 heteroatoms. The summed E-state index contributed by atoms with van der Waals surface area (Å²) in [7, 11) is 3.25. The van der Waals surface area contributed by atoms with E-state index in [1.165, 1.54) is 21.9 Å². The lowest BCUT2D eigenvalue weighted by Gasteiger charge is -2.11. The summed E-state index contributed by atoms with van der Waals surface area (Å²) in [4.78, 5) is 1.97. The van der Waals surface area contributed by atoms with Crippen LogP contribution in [0.1, 0.15) is 11.1 Å². The molecule has 2 aromatic rings. The van der Waals surface area contributed by atoms with E-state index in [4.69, 9.17) is 0 Å². The van der Waals surface area contributed by atoms with E-state index in [9.17, 15) is 0 Å². The van der Waals surface area contributed by atoms with Gasteiger partial charge in [-0.25, -0.2) is 0 Å². The minimum absolute atomic E-state index is 1.08. The van der Waals surface area contributed by atoms with Crippen molar-refractivity contribution in [3.05, 3.63) is 53.6 Å². The summed E-state index contributed by atoms with van der Waals surface area (Å²) in [6, 6.07) is 13.0. The van der Waals surface area contributed by atoms with Crippen LogP contribution < -0.4 is 0 Å². The van der Waals surface area contributed by atoms with Crippen molar-refractivity contribution in [2.45, 2.75) is 6.42 Å². The third-order valence-corrected chi connectivity index (χ3v) is 2.66. The summed E-state index contributed by atoms with van der Waals surface area (Å²) < 4.78 is 4.25. The molecule has 0 aromatic heterocycles. The molecule has 0 fully saturated rings. The smallest absolute Gasteiger partial charge is 0.0351 e. The number of allylic oxidation sites excluding steroid dienone is 1. The third kappa shape index (κ3) is 3.56. The van der Waals surface area contributed by atoms with Crippen LogP contribution in [0.15, 0.2) is 42.5 Å². The molecule has 0 aliphatic heterocycles.